The van der Waals surface area contributed by atoms with Crippen molar-refractivity contribution in [2.45, 2.75) is 26.0 Å². The highest BCUT2D eigenvalue weighted by Crippen LogP contribution is 2.15. The maximum absolute atomic E-state index is 11.9. The number of rotatable bonds is 4. The third kappa shape index (κ3) is 4.61. The van der Waals surface area contributed by atoms with Crippen LogP contribution in [0.2, 0.25) is 0 Å². The van der Waals surface area contributed by atoms with Crippen molar-refractivity contribution in [3.05, 3.63) is 30.1 Å². The van der Waals surface area contributed by atoms with Crippen LogP contribution in [0.15, 0.2) is 24.4 Å². The number of hydrogen-bond donors (Lipinski definition) is 1. The molecular formula is C14H21N3O2. The third-order valence-corrected chi connectivity index (χ3v) is 3.06. The van der Waals surface area contributed by atoms with Gasteiger partial charge in [0.15, 0.2) is 0 Å². The number of nitrogens with one attached hydrogen (secondary N) is 1. The first-order valence-electron chi connectivity index (χ1n) is 6.58. The summed E-state index contributed by atoms with van der Waals surface area (Å²) in [6.07, 6.45) is 1.73. The monoisotopic (exact) mass is 263 g/mol. The molecule has 0 atom stereocenters. The molecule has 1 aromatic rings. The number of carbonyl (C=O) groups excluding carboxylic acids is 1. The molecule has 104 valence electrons. The Kier molecular flexibility index (Phi) is 4.50. The van der Waals surface area contributed by atoms with Gasteiger partial charge in [0.05, 0.1) is 31.0 Å². The van der Waals surface area contributed by atoms with E-state index in [4.69, 9.17) is 4.74 Å². The zero-order valence-corrected chi connectivity index (χ0v) is 11.6. The van der Waals surface area contributed by atoms with Crippen LogP contribution in [-0.4, -0.2) is 47.6 Å². The minimum atomic E-state index is -0.167. The van der Waals surface area contributed by atoms with Crippen molar-refractivity contribution in [2.75, 3.05) is 26.2 Å². The molecule has 0 aromatic carbocycles. The molecule has 0 spiro atoms. The van der Waals surface area contributed by atoms with Crippen LogP contribution in [-0.2, 0) is 16.1 Å². The van der Waals surface area contributed by atoms with Crippen LogP contribution in [0, 0.1) is 0 Å². The van der Waals surface area contributed by atoms with Gasteiger partial charge in [-0.2, -0.15) is 0 Å². The van der Waals surface area contributed by atoms with Crippen LogP contribution in [0.5, 0.6) is 0 Å². The van der Waals surface area contributed by atoms with Crippen molar-refractivity contribution >= 4 is 5.91 Å². The first kappa shape index (κ1) is 14.0. The summed E-state index contributed by atoms with van der Waals surface area (Å²) in [6.45, 7) is 7.26. The van der Waals surface area contributed by atoms with Gasteiger partial charge in [-0.3, -0.25) is 14.7 Å². The molecule has 0 radical (unpaired) electrons. The largest absolute Gasteiger partial charge is 0.373 e. The Morgan fingerprint density at radius 1 is 1.53 bits per heavy atom. The molecule has 2 rings (SSSR count). The van der Waals surface area contributed by atoms with E-state index >= 15 is 0 Å². The van der Waals surface area contributed by atoms with E-state index < -0.39 is 0 Å². The second kappa shape index (κ2) is 6.12. The van der Waals surface area contributed by atoms with E-state index in [2.05, 4.69) is 15.2 Å². The predicted molar refractivity (Wildman–Crippen MR) is 72.6 cm³/mol. The Labute approximate surface area is 114 Å². The number of ether oxygens (including phenoxy) is 1. The fourth-order valence-electron chi connectivity index (χ4n) is 2.20. The van der Waals surface area contributed by atoms with Gasteiger partial charge in [0.2, 0.25) is 5.91 Å². The number of pyridine rings is 1. The van der Waals surface area contributed by atoms with E-state index in [1.807, 2.05) is 32.0 Å². The summed E-state index contributed by atoms with van der Waals surface area (Å²) in [5.41, 5.74) is 0.706. The summed E-state index contributed by atoms with van der Waals surface area (Å²) in [7, 11) is 0. The van der Waals surface area contributed by atoms with Crippen LogP contribution >= 0.6 is 0 Å². The van der Waals surface area contributed by atoms with Gasteiger partial charge in [-0.1, -0.05) is 6.07 Å². The Hall–Kier alpha value is -1.46. The minimum absolute atomic E-state index is 0.0309. The molecular weight excluding hydrogens is 242 g/mol. The standard InChI is InChI=1S/C14H21N3O2/c1-14(2)11-17(7-8-19-14)10-13(18)16-9-12-5-3-4-6-15-12/h3-6H,7-11H2,1-2H3,(H,16,18). The van der Waals surface area contributed by atoms with E-state index in [0.29, 0.717) is 19.7 Å². The first-order chi connectivity index (χ1) is 9.05. The number of hydrogen-bond acceptors (Lipinski definition) is 4. The molecule has 5 heteroatoms. The van der Waals surface area contributed by atoms with Crippen molar-refractivity contribution in [3.63, 3.8) is 0 Å². The molecule has 5 nitrogen and oxygen atoms in total. The molecule has 1 amide bonds. The van der Waals surface area contributed by atoms with Crippen LogP contribution in [0.1, 0.15) is 19.5 Å². The lowest BCUT2D eigenvalue weighted by Gasteiger charge is -2.37. The van der Waals surface area contributed by atoms with Gasteiger partial charge in [-0.15, -0.1) is 0 Å². The molecule has 1 aliphatic heterocycles. The summed E-state index contributed by atoms with van der Waals surface area (Å²) in [4.78, 5) is 18.2. The SMILES string of the molecule is CC1(C)CN(CC(=O)NCc2ccccn2)CCO1. The number of morpholine rings is 1. The summed E-state index contributed by atoms with van der Waals surface area (Å²) in [5, 5.41) is 2.89. The van der Waals surface area contributed by atoms with E-state index in [1.165, 1.54) is 0 Å². The van der Waals surface area contributed by atoms with Crippen molar-refractivity contribution < 1.29 is 9.53 Å². The average molecular weight is 263 g/mol. The topological polar surface area (TPSA) is 54.5 Å². The van der Waals surface area contributed by atoms with Gasteiger partial charge in [0.1, 0.15) is 0 Å². The first-order valence-corrected chi connectivity index (χ1v) is 6.58. The summed E-state index contributed by atoms with van der Waals surface area (Å²) in [6, 6.07) is 5.68. The fourth-order valence-corrected chi connectivity index (χ4v) is 2.20. The van der Waals surface area contributed by atoms with Crippen molar-refractivity contribution in [1.82, 2.24) is 15.2 Å². The highest BCUT2D eigenvalue weighted by Gasteiger charge is 2.27. The van der Waals surface area contributed by atoms with Gasteiger partial charge < -0.3 is 10.1 Å². The van der Waals surface area contributed by atoms with Gasteiger partial charge in [-0.05, 0) is 26.0 Å². The van der Waals surface area contributed by atoms with E-state index in [1.54, 1.807) is 6.20 Å². The Bertz CT molecular complexity index is 420. The lowest BCUT2D eigenvalue weighted by Crippen LogP contribution is -2.51. The molecule has 0 aliphatic carbocycles. The molecule has 1 aliphatic rings. The van der Waals surface area contributed by atoms with Crippen LogP contribution in [0.25, 0.3) is 0 Å². The predicted octanol–water partition coefficient (Wildman–Crippen LogP) is 0.809. The molecule has 0 saturated carbocycles. The Balaban J connectivity index is 1.75. The summed E-state index contributed by atoms with van der Waals surface area (Å²) in [5.74, 6) is 0.0309. The molecule has 0 unspecified atom stereocenters. The van der Waals surface area contributed by atoms with E-state index in [0.717, 1.165) is 18.8 Å². The van der Waals surface area contributed by atoms with Gasteiger partial charge in [0, 0.05) is 19.3 Å². The zero-order valence-electron chi connectivity index (χ0n) is 11.6. The third-order valence-electron chi connectivity index (χ3n) is 3.06. The van der Waals surface area contributed by atoms with Gasteiger partial charge in [0.25, 0.3) is 0 Å². The molecule has 1 saturated heterocycles. The van der Waals surface area contributed by atoms with Crippen molar-refractivity contribution in [1.29, 1.82) is 0 Å². The second-order valence-electron chi connectivity index (χ2n) is 5.42. The lowest BCUT2D eigenvalue weighted by molar-refractivity contribution is -0.127. The minimum Gasteiger partial charge on any atom is -0.373 e. The van der Waals surface area contributed by atoms with Crippen molar-refractivity contribution in [2.24, 2.45) is 0 Å². The lowest BCUT2D eigenvalue weighted by atomic mass is 10.1. The molecule has 1 aromatic heterocycles. The van der Waals surface area contributed by atoms with Crippen LogP contribution in [0.3, 0.4) is 0 Å². The summed E-state index contributed by atoms with van der Waals surface area (Å²) < 4.78 is 5.62. The maximum atomic E-state index is 11.9. The highest BCUT2D eigenvalue weighted by atomic mass is 16.5. The summed E-state index contributed by atoms with van der Waals surface area (Å²) >= 11 is 0. The fraction of sp³-hybridized carbons (Fsp3) is 0.571. The zero-order chi connectivity index (χ0) is 13.7. The van der Waals surface area contributed by atoms with Gasteiger partial charge >= 0.3 is 0 Å². The quantitative estimate of drug-likeness (QED) is 0.873. The molecule has 0 bridgehead atoms. The molecule has 19 heavy (non-hydrogen) atoms. The average Bonchev–Trinajstić information content (AvgIpc) is 2.36. The Morgan fingerprint density at radius 3 is 3.05 bits per heavy atom. The molecule has 1 N–H and O–H groups in total. The van der Waals surface area contributed by atoms with E-state index in [-0.39, 0.29) is 11.5 Å². The van der Waals surface area contributed by atoms with Crippen LogP contribution < -0.4 is 5.32 Å². The normalized spacial score (nSPS) is 19.1. The number of amides is 1. The molecule has 2 heterocycles. The van der Waals surface area contributed by atoms with Crippen LogP contribution in [0.4, 0.5) is 0 Å². The van der Waals surface area contributed by atoms with Crippen molar-refractivity contribution in [3.8, 4) is 0 Å². The molecule has 1 fully saturated rings. The maximum Gasteiger partial charge on any atom is 0.234 e. The number of nitrogens with zero attached hydrogens (tertiary/aromatic N) is 2. The number of aromatic nitrogens is 1. The smallest absolute Gasteiger partial charge is 0.234 e. The second-order valence-corrected chi connectivity index (χ2v) is 5.42. The highest BCUT2D eigenvalue weighted by molar-refractivity contribution is 5.77. The van der Waals surface area contributed by atoms with E-state index in [9.17, 15) is 4.79 Å². The Morgan fingerprint density at radius 2 is 2.37 bits per heavy atom. The number of carbonyl (C=O) groups is 1. The van der Waals surface area contributed by atoms with Gasteiger partial charge in [-0.25, -0.2) is 0 Å².